The third kappa shape index (κ3) is 2.80. The fraction of sp³-hybridized carbons (Fsp3) is 0.636. The van der Waals surface area contributed by atoms with Crippen LogP contribution >= 0.6 is 27.3 Å². The summed E-state index contributed by atoms with van der Waals surface area (Å²) in [5.41, 5.74) is 0. The average Bonchev–Trinajstić information content (AvgIpc) is 2.88. The molecule has 0 saturated carbocycles. The molecule has 0 amide bonds. The molecule has 0 bridgehead atoms. The van der Waals surface area contributed by atoms with Crippen molar-refractivity contribution in [2.45, 2.75) is 23.6 Å². The number of thiophene rings is 1. The summed E-state index contributed by atoms with van der Waals surface area (Å²) < 4.78 is 32.4. The maximum atomic E-state index is 12.5. The van der Waals surface area contributed by atoms with E-state index < -0.39 is 10.0 Å². The zero-order valence-corrected chi connectivity index (χ0v) is 13.4. The van der Waals surface area contributed by atoms with Gasteiger partial charge in [0.2, 0.25) is 0 Å². The van der Waals surface area contributed by atoms with Gasteiger partial charge in [0.25, 0.3) is 10.0 Å². The molecule has 1 aliphatic rings. The third-order valence-corrected chi connectivity index (χ3v) is 7.30. The average molecular weight is 354 g/mol. The molecule has 1 saturated heterocycles. The molecule has 0 radical (unpaired) electrons. The van der Waals surface area contributed by atoms with Gasteiger partial charge in [-0.3, -0.25) is 0 Å². The van der Waals surface area contributed by atoms with Gasteiger partial charge in [-0.25, -0.2) is 8.42 Å². The lowest BCUT2D eigenvalue weighted by atomic mass is 10.3. The van der Waals surface area contributed by atoms with Gasteiger partial charge in [0, 0.05) is 16.8 Å². The monoisotopic (exact) mass is 353 g/mol. The van der Waals surface area contributed by atoms with E-state index in [4.69, 9.17) is 4.74 Å². The predicted octanol–water partition coefficient (Wildman–Crippen LogP) is 2.09. The molecule has 1 atom stereocenters. The number of sulfonamides is 1. The van der Waals surface area contributed by atoms with Crippen LogP contribution in [0.4, 0.5) is 0 Å². The normalized spacial score (nSPS) is 22.2. The largest absolute Gasteiger partial charge is 0.378 e. The van der Waals surface area contributed by atoms with Crippen LogP contribution in [0.5, 0.6) is 0 Å². The fourth-order valence-electron chi connectivity index (χ4n) is 1.88. The van der Waals surface area contributed by atoms with Crippen LogP contribution in [0, 0.1) is 0 Å². The molecular weight excluding hydrogens is 338 g/mol. The van der Waals surface area contributed by atoms with Crippen molar-refractivity contribution < 1.29 is 13.2 Å². The Kier molecular flexibility index (Phi) is 4.82. The van der Waals surface area contributed by atoms with Crippen LogP contribution in [0.1, 0.15) is 11.8 Å². The van der Waals surface area contributed by atoms with Crippen molar-refractivity contribution in [2.24, 2.45) is 0 Å². The molecule has 7 heteroatoms. The number of ether oxygens (including phenoxy) is 1. The molecular formula is C11H16BrNO3S2. The molecule has 1 fully saturated rings. The van der Waals surface area contributed by atoms with E-state index in [9.17, 15) is 8.42 Å². The molecule has 2 rings (SSSR count). The van der Waals surface area contributed by atoms with Crippen molar-refractivity contribution in [3.63, 3.8) is 0 Å². The number of nitrogens with zero attached hydrogens (tertiary/aromatic N) is 1. The minimum Gasteiger partial charge on any atom is -0.378 e. The molecule has 0 aliphatic carbocycles. The summed E-state index contributed by atoms with van der Waals surface area (Å²) in [7, 11) is -3.37. The highest BCUT2D eigenvalue weighted by atomic mass is 79.9. The number of alkyl halides is 1. The van der Waals surface area contributed by atoms with Crippen molar-refractivity contribution in [3.05, 3.63) is 17.0 Å². The smallest absolute Gasteiger partial charge is 0.252 e. The van der Waals surface area contributed by atoms with Gasteiger partial charge in [0.1, 0.15) is 4.21 Å². The first kappa shape index (κ1) is 14.5. The highest BCUT2D eigenvalue weighted by Crippen LogP contribution is 2.27. The van der Waals surface area contributed by atoms with E-state index in [1.807, 2.05) is 13.0 Å². The molecule has 0 aromatic carbocycles. The Labute approximate surface area is 120 Å². The molecule has 0 N–H and O–H groups in total. The molecule has 1 aromatic rings. The molecule has 4 nitrogen and oxygen atoms in total. The van der Waals surface area contributed by atoms with Gasteiger partial charge in [0.05, 0.1) is 19.3 Å². The van der Waals surface area contributed by atoms with Crippen LogP contribution in [-0.2, 0) is 21.2 Å². The van der Waals surface area contributed by atoms with E-state index in [-0.39, 0.29) is 6.04 Å². The van der Waals surface area contributed by atoms with Gasteiger partial charge in [-0.05, 0) is 18.6 Å². The van der Waals surface area contributed by atoms with Crippen molar-refractivity contribution in [3.8, 4) is 0 Å². The number of rotatable bonds is 4. The zero-order chi connectivity index (χ0) is 13.2. The molecule has 1 aromatic heterocycles. The summed E-state index contributed by atoms with van der Waals surface area (Å²) >= 11 is 4.71. The van der Waals surface area contributed by atoms with E-state index in [1.165, 1.54) is 11.3 Å². The Balaban J connectivity index is 2.28. The summed E-state index contributed by atoms with van der Waals surface area (Å²) in [4.78, 5) is 1.09. The van der Waals surface area contributed by atoms with Gasteiger partial charge in [-0.1, -0.05) is 22.9 Å². The lowest BCUT2D eigenvalue weighted by Gasteiger charge is -2.33. The lowest BCUT2D eigenvalue weighted by Crippen LogP contribution is -2.49. The Morgan fingerprint density at radius 1 is 1.56 bits per heavy atom. The Hall–Kier alpha value is 0.0500. The SMILES string of the molecule is CCc1ccc(S(=O)(=O)N2CCOCC2CBr)s1. The fourth-order valence-corrected chi connectivity index (χ4v) is 5.63. The van der Waals surface area contributed by atoms with Crippen LogP contribution in [0.2, 0.25) is 0 Å². The number of morpholine rings is 1. The number of aryl methyl sites for hydroxylation is 1. The summed E-state index contributed by atoms with van der Waals surface area (Å²) in [6.07, 6.45) is 0.866. The van der Waals surface area contributed by atoms with Gasteiger partial charge in [0.15, 0.2) is 0 Å². The van der Waals surface area contributed by atoms with E-state index in [2.05, 4.69) is 15.9 Å². The van der Waals surface area contributed by atoms with E-state index >= 15 is 0 Å². The number of halogens is 1. The van der Waals surface area contributed by atoms with Crippen LogP contribution in [-0.4, -0.2) is 43.9 Å². The Bertz CT molecular complexity index is 500. The standard InChI is InChI=1S/C11H16BrNO3S2/c1-2-10-3-4-11(17-10)18(14,15)13-5-6-16-8-9(13)7-12/h3-4,9H,2,5-8H2,1H3. The van der Waals surface area contributed by atoms with Crippen molar-refractivity contribution >= 4 is 37.3 Å². The molecule has 2 heterocycles. The first-order valence-electron chi connectivity index (χ1n) is 5.84. The van der Waals surface area contributed by atoms with E-state index in [0.717, 1.165) is 11.3 Å². The maximum Gasteiger partial charge on any atom is 0.252 e. The molecule has 0 spiro atoms. The number of hydrogen-bond acceptors (Lipinski definition) is 4. The predicted molar refractivity (Wildman–Crippen MR) is 76.0 cm³/mol. The topological polar surface area (TPSA) is 46.6 Å². The minimum atomic E-state index is -3.37. The van der Waals surface area contributed by atoms with E-state index in [1.54, 1.807) is 10.4 Å². The highest BCUT2D eigenvalue weighted by Gasteiger charge is 2.34. The second kappa shape index (κ2) is 6.00. The summed E-state index contributed by atoms with van der Waals surface area (Å²) in [5.74, 6) is 0. The van der Waals surface area contributed by atoms with E-state index in [0.29, 0.717) is 29.3 Å². The second-order valence-corrected chi connectivity index (χ2v) is 8.01. The first-order valence-corrected chi connectivity index (χ1v) is 9.21. The minimum absolute atomic E-state index is 0.115. The molecule has 1 aliphatic heterocycles. The second-order valence-electron chi connectivity index (χ2n) is 4.07. The van der Waals surface area contributed by atoms with Crippen LogP contribution < -0.4 is 0 Å². The van der Waals surface area contributed by atoms with Crippen molar-refractivity contribution in [1.82, 2.24) is 4.31 Å². The third-order valence-electron chi connectivity index (χ3n) is 2.90. The van der Waals surface area contributed by atoms with Crippen LogP contribution in [0.3, 0.4) is 0 Å². The first-order chi connectivity index (χ1) is 8.59. The maximum absolute atomic E-state index is 12.5. The molecule has 18 heavy (non-hydrogen) atoms. The van der Waals surface area contributed by atoms with Gasteiger partial charge in [-0.15, -0.1) is 11.3 Å². The Morgan fingerprint density at radius 2 is 2.33 bits per heavy atom. The zero-order valence-electron chi connectivity index (χ0n) is 10.1. The summed E-state index contributed by atoms with van der Waals surface area (Å²) in [6.45, 7) is 3.38. The molecule has 1 unspecified atom stereocenters. The number of hydrogen-bond donors (Lipinski definition) is 0. The van der Waals surface area contributed by atoms with Gasteiger partial charge < -0.3 is 4.74 Å². The van der Waals surface area contributed by atoms with Gasteiger partial charge in [-0.2, -0.15) is 4.31 Å². The van der Waals surface area contributed by atoms with Gasteiger partial charge >= 0.3 is 0 Å². The van der Waals surface area contributed by atoms with Crippen molar-refractivity contribution in [2.75, 3.05) is 25.1 Å². The lowest BCUT2D eigenvalue weighted by molar-refractivity contribution is 0.0414. The quantitative estimate of drug-likeness (QED) is 0.778. The van der Waals surface area contributed by atoms with Crippen LogP contribution in [0.15, 0.2) is 16.3 Å². The molecule has 102 valence electrons. The summed E-state index contributed by atoms with van der Waals surface area (Å²) in [5, 5.41) is 0.595. The highest BCUT2D eigenvalue weighted by molar-refractivity contribution is 9.09. The van der Waals surface area contributed by atoms with Crippen LogP contribution in [0.25, 0.3) is 0 Å². The Morgan fingerprint density at radius 3 is 2.94 bits per heavy atom. The van der Waals surface area contributed by atoms with Crippen molar-refractivity contribution in [1.29, 1.82) is 0 Å². The summed E-state index contributed by atoms with van der Waals surface area (Å²) in [6, 6.07) is 3.48.